The summed E-state index contributed by atoms with van der Waals surface area (Å²) in [6.07, 6.45) is 3.49. The van der Waals surface area contributed by atoms with Crippen LogP contribution in [0.1, 0.15) is 26.3 Å². The van der Waals surface area contributed by atoms with E-state index in [4.69, 9.17) is 5.26 Å². The molecule has 0 fully saturated rings. The number of carbonyl (C=O) groups is 2. The van der Waals surface area contributed by atoms with Crippen LogP contribution in [0.15, 0.2) is 73.1 Å². The number of nitrogens with zero attached hydrogens (tertiary/aromatic N) is 4. The third-order valence-electron chi connectivity index (χ3n) is 5.14. The smallest absolute Gasteiger partial charge is 0.258 e. The SMILES string of the molecule is CNC(=O)c1ccc(-c2cnn3ccc(C(=O)N(C)c4ccc(C#N)cc4)cc23)cc1. The molecule has 0 saturated carbocycles. The molecule has 0 bridgehead atoms. The van der Waals surface area contributed by atoms with Crippen LogP contribution < -0.4 is 10.2 Å². The number of fused-ring (bicyclic) bond motifs is 1. The molecule has 7 heteroatoms. The first-order valence-electron chi connectivity index (χ1n) is 9.60. The van der Waals surface area contributed by atoms with Crippen molar-refractivity contribution in [1.82, 2.24) is 14.9 Å². The molecule has 0 spiro atoms. The highest BCUT2D eigenvalue weighted by Crippen LogP contribution is 2.26. The van der Waals surface area contributed by atoms with Crippen molar-refractivity contribution in [3.05, 3.63) is 89.7 Å². The highest BCUT2D eigenvalue weighted by molar-refractivity contribution is 6.06. The van der Waals surface area contributed by atoms with Crippen LogP contribution in [0.2, 0.25) is 0 Å². The van der Waals surface area contributed by atoms with Gasteiger partial charge < -0.3 is 10.2 Å². The standard InChI is InChI=1S/C24H19N5O2/c1-26-23(30)18-7-5-17(6-8-18)21-15-27-29-12-11-19(13-22(21)29)24(31)28(2)20-9-3-16(14-25)4-10-20/h3-13,15H,1-2H3,(H,26,30). The average Bonchev–Trinajstić information content (AvgIpc) is 3.26. The minimum atomic E-state index is -0.172. The molecule has 4 rings (SSSR count). The molecule has 0 aliphatic rings. The lowest BCUT2D eigenvalue weighted by Crippen LogP contribution is -2.26. The molecular weight excluding hydrogens is 390 g/mol. The summed E-state index contributed by atoms with van der Waals surface area (Å²) in [5.74, 6) is -0.320. The van der Waals surface area contributed by atoms with Crippen LogP contribution in [-0.2, 0) is 0 Å². The van der Waals surface area contributed by atoms with Crippen molar-refractivity contribution in [3.8, 4) is 17.2 Å². The van der Waals surface area contributed by atoms with E-state index in [0.29, 0.717) is 22.4 Å². The minimum Gasteiger partial charge on any atom is -0.355 e. The molecule has 0 atom stereocenters. The number of carbonyl (C=O) groups excluding carboxylic acids is 2. The monoisotopic (exact) mass is 409 g/mol. The van der Waals surface area contributed by atoms with E-state index in [1.165, 1.54) is 0 Å². The number of nitriles is 1. The number of anilines is 1. The molecular formula is C24H19N5O2. The van der Waals surface area contributed by atoms with Gasteiger partial charge in [-0.05, 0) is 54.1 Å². The number of pyridine rings is 1. The van der Waals surface area contributed by atoms with Gasteiger partial charge in [-0.25, -0.2) is 4.52 Å². The van der Waals surface area contributed by atoms with Crippen LogP contribution >= 0.6 is 0 Å². The highest BCUT2D eigenvalue weighted by atomic mass is 16.2. The predicted molar refractivity (Wildman–Crippen MR) is 118 cm³/mol. The molecule has 0 aliphatic heterocycles. The van der Waals surface area contributed by atoms with E-state index in [1.54, 1.807) is 84.4 Å². The van der Waals surface area contributed by atoms with Gasteiger partial charge in [-0.3, -0.25) is 9.59 Å². The van der Waals surface area contributed by atoms with Crippen molar-refractivity contribution in [1.29, 1.82) is 5.26 Å². The molecule has 2 amide bonds. The predicted octanol–water partition coefficient (Wildman–Crippen LogP) is 3.51. The normalized spacial score (nSPS) is 10.5. The van der Waals surface area contributed by atoms with Gasteiger partial charge in [0.05, 0.1) is 23.3 Å². The molecule has 31 heavy (non-hydrogen) atoms. The zero-order valence-electron chi connectivity index (χ0n) is 17.0. The molecule has 1 N–H and O–H groups in total. The van der Waals surface area contributed by atoms with E-state index in [-0.39, 0.29) is 11.8 Å². The summed E-state index contributed by atoms with van der Waals surface area (Å²) in [6, 6.07) is 19.7. The van der Waals surface area contributed by atoms with Crippen LogP contribution in [0.25, 0.3) is 16.6 Å². The lowest BCUT2D eigenvalue weighted by molar-refractivity contribution is 0.0961. The van der Waals surface area contributed by atoms with E-state index in [0.717, 1.165) is 16.6 Å². The van der Waals surface area contributed by atoms with Gasteiger partial charge in [-0.2, -0.15) is 10.4 Å². The molecule has 0 saturated heterocycles. The van der Waals surface area contributed by atoms with Gasteiger partial charge in [0.15, 0.2) is 0 Å². The Morgan fingerprint density at radius 2 is 1.74 bits per heavy atom. The fourth-order valence-corrected chi connectivity index (χ4v) is 3.35. The Morgan fingerprint density at radius 3 is 2.39 bits per heavy atom. The number of hydrogen-bond donors (Lipinski definition) is 1. The lowest BCUT2D eigenvalue weighted by atomic mass is 10.0. The second kappa shape index (κ2) is 8.13. The maximum absolute atomic E-state index is 13.1. The van der Waals surface area contributed by atoms with Gasteiger partial charge in [-0.1, -0.05) is 12.1 Å². The summed E-state index contributed by atoms with van der Waals surface area (Å²) in [4.78, 5) is 26.4. The third-order valence-corrected chi connectivity index (χ3v) is 5.14. The maximum atomic E-state index is 13.1. The Bertz CT molecular complexity index is 1320. The molecule has 2 aromatic heterocycles. The van der Waals surface area contributed by atoms with E-state index < -0.39 is 0 Å². The van der Waals surface area contributed by atoms with Crippen molar-refractivity contribution < 1.29 is 9.59 Å². The summed E-state index contributed by atoms with van der Waals surface area (Å²) in [5, 5.41) is 15.9. The number of amides is 2. The fraction of sp³-hybridized carbons (Fsp3) is 0.0833. The van der Waals surface area contributed by atoms with Crippen LogP contribution in [0, 0.1) is 11.3 Å². The minimum absolute atomic E-state index is 0.148. The molecule has 7 nitrogen and oxygen atoms in total. The van der Waals surface area contributed by atoms with Crippen LogP contribution in [0.4, 0.5) is 5.69 Å². The number of hydrogen-bond acceptors (Lipinski definition) is 4. The summed E-state index contributed by atoms with van der Waals surface area (Å²) in [6.45, 7) is 0. The molecule has 0 aliphatic carbocycles. The first-order valence-corrected chi connectivity index (χ1v) is 9.60. The largest absolute Gasteiger partial charge is 0.355 e. The maximum Gasteiger partial charge on any atom is 0.258 e. The van der Waals surface area contributed by atoms with Gasteiger partial charge in [0, 0.05) is 42.7 Å². The fourth-order valence-electron chi connectivity index (χ4n) is 3.35. The second-order valence-electron chi connectivity index (χ2n) is 6.98. The van der Waals surface area contributed by atoms with E-state index in [1.807, 2.05) is 12.1 Å². The molecule has 2 heterocycles. The molecule has 0 unspecified atom stereocenters. The van der Waals surface area contributed by atoms with Gasteiger partial charge >= 0.3 is 0 Å². The van der Waals surface area contributed by atoms with Crippen LogP contribution in [0.5, 0.6) is 0 Å². The molecule has 4 aromatic rings. The Balaban J connectivity index is 1.67. The van der Waals surface area contributed by atoms with Gasteiger partial charge in [-0.15, -0.1) is 0 Å². The first kappa shape index (κ1) is 19.9. The number of benzene rings is 2. The summed E-state index contributed by atoms with van der Waals surface area (Å²) in [7, 11) is 3.29. The van der Waals surface area contributed by atoms with Gasteiger partial charge in [0.1, 0.15) is 0 Å². The topological polar surface area (TPSA) is 90.5 Å². The Hall–Kier alpha value is -4.44. The van der Waals surface area contributed by atoms with Crippen molar-refractivity contribution in [2.24, 2.45) is 0 Å². The quantitative estimate of drug-likeness (QED) is 0.558. The Labute approximate surface area is 179 Å². The Kier molecular flexibility index (Phi) is 5.21. The summed E-state index contributed by atoms with van der Waals surface area (Å²) in [5.41, 5.74) is 4.86. The zero-order valence-corrected chi connectivity index (χ0v) is 17.0. The van der Waals surface area contributed by atoms with Crippen molar-refractivity contribution in [3.63, 3.8) is 0 Å². The molecule has 0 radical (unpaired) electrons. The van der Waals surface area contributed by atoms with E-state index >= 15 is 0 Å². The second-order valence-corrected chi connectivity index (χ2v) is 6.98. The van der Waals surface area contributed by atoms with Gasteiger partial charge in [0.25, 0.3) is 11.8 Å². The molecule has 2 aromatic carbocycles. The zero-order chi connectivity index (χ0) is 22.0. The number of nitrogens with one attached hydrogen (secondary N) is 1. The van der Waals surface area contributed by atoms with Crippen LogP contribution in [0.3, 0.4) is 0 Å². The number of aromatic nitrogens is 2. The van der Waals surface area contributed by atoms with Crippen molar-refractivity contribution >= 4 is 23.0 Å². The first-order chi connectivity index (χ1) is 15.0. The average molecular weight is 409 g/mol. The van der Waals surface area contributed by atoms with Crippen LogP contribution in [-0.4, -0.2) is 35.5 Å². The van der Waals surface area contributed by atoms with E-state index in [2.05, 4.69) is 16.5 Å². The Morgan fingerprint density at radius 1 is 1.03 bits per heavy atom. The summed E-state index contributed by atoms with van der Waals surface area (Å²) < 4.78 is 1.71. The lowest BCUT2D eigenvalue weighted by Gasteiger charge is -2.17. The highest BCUT2D eigenvalue weighted by Gasteiger charge is 2.16. The van der Waals surface area contributed by atoms with Crippen molar-refractivity contribution in [2.45, 2.75) is 0 Å². The number of rotatable bonds is 4. The van der Waals surface area contributed by atoms with Crippen molar-refractivity contribution in [2.75, 3.05) is 19.0 Å². The van der Waals surface area contributed by atoms with Gasteiger partial charge in [0.2, 0.25) is 0 Å². The van der Waals surface area contributed by atoms with E-state index in [9.17, 15) is 9.59 Å². The summed E-state index contributed by atoms with van der Waals surface area (Å²) >= 11 is 0. The molecule has 152 valence electrons. The third kappa shape index (κ3) is 3.74.